The van der Waals surface area contributed by atoms with Gasteiger partial charge in [-0.3, -0.25) is 34.1 Å². The second-order valence-electron chi connectivity index (χ2n) is 28.3. The number of carboxylic acid groups (broad SMARTS) is 2. The number of ether oxygens (including phenoxy) is 4. The third kappa shape index (κ3) is 15.1. The largest absolute Gasteiger partial charge is 0.479 e. The summed E-state index contributed by atoms with van der Waals surface area (Å²) in [5.74, 6) is -4.88. The zero-order valence-corrected chi connectivity index (χ0v) is 57.8. The molecule has 30 heteroatoms. The Hall–Kier alpha value is -8.75. The first-order chi connectivity index (χ1) is 47.5. The van der Waals surface area contributed by atoms with Gasteiger partial charge in [0.25, 0.3) is 17.7 Å². The second-order valence-corrected chi connectivity index (χ2v) is 31.6. The highest BCUT2D eigenvalue weighted by molar-refractivity contribution is 7.89. The normalized spacial score (nSPS) is 25.4. The molecule has 4 aliphatic carbocycles. The van der Waals surface area contributed by atoms with E-state index in [4.69, 9.17) is 29.0 Å². The van der Waals surface area contributed by atoms with Crippen LogP contribution in [-0.4, -0.2) is 205 Å². The summed E-state index contributed by atoms with van der Waals surface area (Å²) in [7, 11) is -1.07. The minimum absolute atomic E-state index is 0.00851. The van der Waals surface area contributed by atoms with E-state index in [9.17, 15) is 67.5 Å². The van der Waals surface area contributed by atoms with Crippen molar-refractivity contribution in [2.75, 3.05) is 69.4 Å². The van der Waals surface area contributed by atoms with E-state index in [-0.39, 0.29) is 65.4 Å². The molecule has 28 nitrogen and oxygen atoms in total. The number of unbranched alkanes of at least 4 members (excludes halogenated alkanes) is 1. The Kier molecular flexibility index (Phi) is 20.2. The number of aryl methyl sites for hydroxylation is 1. The number of sulfonamides is 1. The maximum atomic E-state index is 14.4. The molecule has 6 aromatic rings. The monoisotopic (exact) mass is 1410 g/mol. The predicted molar refractivity (Wildman–Crippen MR) is 363 cm³/mol. The van der Waals surface area contributed by atoms with Crippen molar-refractivity contribution in [1.29, 1.82) is 0 Å². The van der Waals surface area contributed by atoms with Gasteiger partial charge < -0.3 is 59.6 Å². The molecule has 6 heterocycles. The first kappa shape index (κ1) is 71.1. The van der Waals surface area contributed by atoms with E-state index in [0.29, 0.717) is 84.9 Å². The Morgan fingerprint density at radius 2 is 1.59 bits per heavy atom. The average molecular weight is 1420 g/mol. The molecular weight excluding hydrogens is 1330 g/mol. The fourth-order valence-corrected chi connectivity index (χ4v) is 18.1. The summed E-state index contributed by atoms with van der Waals surface area (Å²) in [6.45, 7) is 6.82. The maximum absolute atomic E-state index is 14.4. The quantitative estimate of drug-likeness (QED) is 0.0241. The number of aliphatic hydroxyl groups is 3. The summed E-state index contributed by atoms with van der Waals surface area (Å²) in [5, 5.41) is 63.7. The lowest BCUT2D eigenvalue weighted by Gasteiger charge is -2.69. The van der Waals surface area contributed by atoms with E-state index in [1.54, 1.807) is 30.5 Å². The number of carbonyl (C=O) groups excluding carboxylic acids is 5. The number of aliphatic carboxylic acids is 1. The number of fused-ring (bicyclic) bond motifs is 2. The number of pyridine rings is 1. The smallest absolute Gasteiger partial charge is 0.410 e. The van der Waals surface area contributed by atoms with Gasteiger partial charge in [-0.15, -0.1) is 0 Å². The van der Waals surface area contributed by atoms with Crippen LogP contribution >= 0.6 is 11.3 Å². The Morgan fingerprint density at radius 3 is 2.31 bits per heavy atom. The van der Waals surface area contributed by atoms with Crippen molar-refractivity contribution < 1.29 is 86.5 Å². The zero-order valence-electron chi connectivity index (χ0n) is 56.1. The molecule has 3 aromatic carbocycles. The fourth-order valence-electron chi connectivity index (χ4n) is 16.5. The minimum Gasteiger partial charge on any atom is -0.479 e. The van der Waals surface area contributed by atoms with Crippen LogP contribution in [0.15, 0.2) is 91.1 Å². The molecule has 4 saturated carbocycles. The van der Waals surface area contributed by atoms with Gasteiger partial charge in [-0.05, 0) is 140 Å². The number of rotatable bonds is 27. The van der Waals surface area contributed by atoms with Gasteiger partial charge in [0, 0.05) is 93.5 Å². The highest BCUT2D eigenvalue weighted by Gasteiger charge is 2.66. The number of nitrogens with zero attached hydrogens (tertiary/aromatic N) is 8. The van der Waals surface area contributed by atoms with E-state index < -0.39 is 101 Å². The van der Waals surface area contributed by atoms with E-state index in [0.717, 1.165) is 80.5 Å². The molecule has 532 valence electrons. The van der Waals surface area contributed by atoms with Crippen LogP contribution in [-0.2, 0) is 76.0 Å². The first-order valence-corrected chi connectivity index (χ1v) is 35.7. The predicted octanol–water partition coefficient (Wildman–Crippen LogP) is 5.68. The van der Waals surface area contributed by atoms with Gasteiger partial charge >= 0.3 is 18.0 Å². The number of imide groups is 1. The van der Waals surface area contributed by atoms with Gasteiger partial charge in [0.1, 0.15) is 43.0 Å². The second kappa shape index (κ2) is 28.3. The third-order valence-corrected chi connectivity index (χ3v) is 22.9. The molecule has 13 rings (SSSR count). The van der Waals surface area contributed by atoms with Crippen LogP contribution < -0.4 is 20.3 Å². The highest BCUT2D eigenvalue weighted by atomic mass is 32.2. The molecule has 5 fully saturated rings. The lowest BCUT2D eigenvalue weighted by Crippen LogP contribution is -2.64. The number of aromatic carboxylic acids is 1. The third-order valence-electron chi connectivity index (χ3n) is 20.1. The van der Waals surface area contributed by atoms with Crippen LogP contribution in [0.1, 0.15) is 114 Å². The van der Waals surface area contributed by atoms with E-state index in [1.165, 1.54) is 36.4 Å². The lowest BCUT2D eigenvalue weighted by atomic mass is 9.39. The van der Waals surface area contributed by atoms with Gasteiger partial charge in [0.2, 0.25) is 22.2 Å². The van der Waals surface area contributed by atoms with Crippen molar-refractivity contribution in [1.82, 2.24) is 39.2 Å². The van der Waals surface area contributed by atoms with E-state index in [1.807, 2.05) is 59.0 Å². The number of thiazole rings is 1. The number of carbonyl (C=O) groups is 7. The van der Waals surface area contributed by atoms with Crippen molar-refractivity contribution in [3.8, 4) is 16.9 Å². The molecule has 0 spiro atoms. The van der Waals surface area contributed by atoms with Crippen molar-refractivity contribution in [2.24, 2.45) is 16.2 Å². The Labute approximate surface area is 580 Å². The molecule has 7 aliphatic rings. The van der Waals surface area contributed by atoms with Gasteiger partial charge in [-0.2, -0.15) is 5.10 Å². The van der Waals surface area contributed by atoms with Crippen molar-refractivity contribution in [2.45, 2.75) is 141 Å². The van der Waals surface area contributed by atoms with Gasteiger partial charge in [0.05, 0.1) is 34.4 Å². The first-order valence-electron chi connectivity index (χ1n) is 33.3. The molecule has 3 unspecified atom stereocenters. The Morgan fingerprint density at radius 1 is 0.840 bits per heavy atom. The summed E-state index contributed by atoms with van der Waals surface area (Å²) in [6, 6.07) is 21.7. The van der Waals surface area contributed by atoms with Crippen LogP contribution in [0.4, 0.5) is 15.7 Å². The van der Waals surface area contributed by atoms with Crippen LogP contribution in [0.2, 0.25) is 0 Å². The number of para-hydroxylation sites is 1. The number of benzene rings is 3. The van der Waals surface area contributed by atoms with Gasteiger partial charge in [-0.1, -0.05) is 61.6 Å². The molecule has 1 saturated heterocycles. The lowest BCUT2D eigenvalue weighted by molar-refractivity contribution is -0.271. The average Bonchev–Trinajstić information content (AvgIpc) is 1.000. The maximum Gasteiger partial charge on any atom is 0.410 e. The van der Waals surface area contributed by atoms with Gasteiger partial charge in [-0.25, -0.2) is 37.1 Å². The molecule has 0 radical (unpaired) electrons. The molecule has 4 bridgehead atoms. The number of aliphatic hydroxyl groups excluding tert-OH is 3. The minimum atomic E-state index is -3.84. The van der Waals surface area contributed by atoms with E-state index in [2.05, 4.69) is 29.5 Å². The van der Waals surface area contributed by atoms with Crippen LogP contribution in [0.25, 0.3) is 21.3 Å². The summed E-state index contributed by atoms with van der Waals surface area (Å²) in [4.78, 5) is 103. The highest BCUT2D eigenvalue weighted by Crippen LogP contribution is 2.72. The topological polar surface area (TPSA) is 372 Å². The van der Waals surface area contributed by atoms with Crippen LogP contribution in [0.3, 0.4) is 0 Å². The molecule has 3 aromatic heterocycles. The number of amides is 5. The molecule has 5 amide bonds. The summed E-state index contributed by atoms with van der Waals surface area (Å²) < 4.78 is 55.0. The number of nitrogens with one attached hydrogen (secondary N) is 2. The van der Waals surface area contributed by atoms with Crippen molar-refractivity contribution >= 4 is 84.2 Å². The fraction of sp³-hybridized carbons (Fsp3) is 0.486. The number of aromatic nitrogens is 4. The number of anilines is 2. The summed E-state index contributed by atoms with van der Waals surface area (Å²) >= 11 is 1.39. The standard InChI is InChI=1S/C70H82N10O18S2/c1-41-47(45-18-19-52(74-56(45)62(88)89)78-24-22-43-12-10-13-46(48(43)31-78)61(87)75-65-73-49-14-6-7-15-51(49)99-65)30-72-80(41)40-69-35-67(2)34-68(3,36-69)38-70(37-67,39-69)96-27-25-77(26-28-100(93,94)76(4)5)66(92)95-33-44-17-16-42(11-8-9-23-71-53(81)32-79-54(82)20-21-55(79)83)29-50(44)97-64-59(86)57(84)58(85)60(98-64)63(90)91/h6-7,10,12-21,29-30,57-60,64,84-86H,8-9,11,22-28,31-40H2,1-5H3,(H,71,81)(H,88,89)(H,90,91)(H,73,75,87)/t57-,58-,59+,60-,64?,67?,68?,69?,70?/m0/s1. The summed E-state index contributed by atoms with van der Waals surface area (Å²) in [5.41, 5.74) is 4.40. The number of hydrogen-bond acceptors (Lipinski definition) is 21. The van der Waals surface area contributed by atoms with Crippen LogP contribution in [0, 0.1) is 23.2 Å². The molecule has 7 atom stereocenters. The molecule has 100 heavy (non-hydrogen) atoms. The van der Waals surface area contributed by atoms with Crippen molar-refractivity contribution in [3.63, 3.8) is 0 Å². The van der Waals surface area contributed by atoms with Crippen molar-refractivity contribution in [3.05, 3.63) is 130 Å². The molecule has 7 N–H and O–H groups in total. The SMILES string of the molecule is Cc1c(-c2ccc(N3CCc4cccc(C(=O)Nc5nc6ccccc6s5)c4C3)nc2C(=O)O)cnn1CC12CC3(C)CC(C)(C1)CC(OCCN(CCS(=O)(=O)N(C)C)C(=O)OCc1ccc(CCCCNC(=O)CN4C(=O)C=CC4=O)cc1OC1O[C@H](C(=O)O)[C@@H](O)[C@H](O)[C@H]1O)(C3)C2. The van der Waals surface area contributed by atoms with E-state index >= 15 is 0 Å². The zero-order chi connectivity index (χ0) is 71.2. The Balaban J connectivity index is 0.721. The number of hydrogen-bond donors (Lipinski definition) is 7. The number of carboxylic acids is 2. The summed E-state index contributed by atoms with van der Waals surface area (Å²) in [6.07, 6.45) is -0.0120. The van der Waals surface area contributed by atoms with Crippen LogP contribution in [0.5, 0.6) is 5.75 Å². The molecule has 3 aliphatic heterocycles. The Bertz CT molecular complexity index is 4280. The van der Waals surface area contributed by atoms with Gasteiger partial charge in [0.15, 0.2) is 16.9 Å². The molecular formula is C70H82N10O18S2.